The van der Waals surface area contributed by atoms with Gasteiger partial charge in [-0.1, -0.05) is 39.7 Å². The molecule has 0 aliphatic heterocycles. The third-order valence-electron chi connectivity index (χ3n) is 2.46. The van der Waals surface area contributed by atoms with Crippen molar-refractivity contribution in [3.8, 4) is 0 Å². The fourth-order valence-electron chi connectivity index (χ4n) is 1.58. The van der Waals surface area contributed by atoms with E-state index >= 15 is 0 Å². The van der Waals surface area contributed by atoms with Crippen LogP contribution in [0.4, 0.5) is 0 Å². The first-order valence-corrected chi connectivity index (χ1v) is 6.42. The molecule has 92 valence electrons. The number of benzene rings is 1. The molecule has 0 saturated heterocycles. The molecule has 0 fully saturated rings. The van der Waals surface area contributed by atoms with Gasteiger partial charge in [-0.3, -0.25) is 9.59 Å². The predicted octanol–water partition coefficient (Wildman–Crippen LogP) is 2.22. The summed E-state index contributed by atoms with van der Waals surface area (Å²) in [6, 6.07) is 5.75. The molecule has 0 bridgehead atoms. The topological polar surface area (TPSA) is 43.4 Å². The normalized spacial score (nSPS) is 10.1. The number of carbonyl (C=O) groups is 2. The third kappa shape index (κ3) is 4.30. The number of ketones is 1. The van der Waals surface area contributed by atoms with Crippen LogP contribution in [0.25, 0.3) is 0 Å². The number of methoxy groups -OCH3 is 1. The minimum atomic E-state index is -0.290. The van der Waals surface area contributed by atoms with E-state index in [1.807, 2.05) is 25.1 Å². The summed E-state index contributed by atoms with van der Waals surface area (Å²) in [4.78, 5) is 22.7. The number of hydrogen-bond acceptors (Lipinski definition) is 3. The highest BCUT2D eigenvalue weighted by atomic mass is 79.9. The number of aryl methyl sites for hydroxylation is 1. The zero-order valence-corrected chi connectivity index (χ0v) is 11.5. The summed E-state index contributed by atoms with van der Waals surface area (Å²) >= 11 is 3.14. The van der Waals surface area contributed by atoms with Crippen molar-refractivity contribution in [2.24, 2.45) is 0 Å². The number of esters is 1. The van der Waals surface area contributed by atoms with Gasteiger partial charge in [0.1, 0.15) is 5.78 Å². The Labute approximate surface area is 109 Å². The number of hydrogen-bond donors (Lipinski definition) is 0. The Morgan fingerprint density at radius 2 is 1.94 bits per heavy atom. The van der Waals surface area contributed by atoms with Crippen molar-refractivity contribution in [3.05, 3.63) is 34.9 Å². The summed E-state index contributed by atoms with van der Waals surface area (Å²) in [5, 5.41) is 0.332. The van der Waals surface area contributed by atoms with Crippen LogP contribution in [0.3, 0.4) is 0 Å². The maximum atomic E-state index is 11.4. The first-order valence-electron chi connectivity index (χ1n) is 5.29. The molecule has 0 amide bonds. The maximum Gasteiger partial charge on any atom is 0.309 e. The fourth-order valence-corrected chi connectivity index (χ4v) is 1.78. The number of carbonyl (C=O) groups excluding carboxylic acids is 2. The quantitative estimate of drug-likeness (QED) is 0.618. The average molecular weight is 299 g/mol. The number of alkyl halides is 1. The SMILES string of the molecule is COC(=O)Cc1ccc(C)cc1CC(=O)CBr. The molecule has 4 heteroatoms. The molecule has 1 aromatic rings. The van der Waals surface area contributed by atoms with Crippen LogP contribution in [0.1, 0.15) is 16.7 Å². The molecule has 0 spiro atoms. The molecule has 3 nitrogen and oxygen atoms in total. The Morgan fingerprint density at radius 3 is 2.53 bits per heavy atom. The van der Waals surface area contributed by atoms with Crippen molar-refractivity contribution >= 4 is 27.7 Å². The summed E-state index contributed by atoms with van der Waals surface area (Å²) in [6.07, 6.45) is 0.556. The van der Waals surface area contributed by atoms with Gasteiger partial charge in [0.05, 0.1) is 18.9 Å². The highest BCUT2D eigenvalue weighted by Gasteiger charge is 2.11. The van der Waals surface area contributed by atoms with Crippen molar-refractivity contribution in [1.82, 2.24) is 0 Å². The first-order chi connectivity index (χ1) is 8.06. The summed E-state index contributed by atoms with van der Waals surface area (Å²) in [6.45, 7) is 1.96. The summed E-state index contributed by atoms with van der Waals surface area (Å²) in [5.74, 6) is -0.192. The molecule has 0 aromatic heterocycles. The van der Waals surface area contributed by atoms with Gasteiger partial charge in [-0.25, -0.2) is 0 Å². The van der Waals surface area contributed by atoms with Crippen molar-refractivity contribution in [3.63, 3.8) is 0 Å². The highest BCUT2D eigenvalue weighted by Crippen LogP contribution is 2.14. The van der Waals surface area contributed by atoms with Gasteiger partial charge in [-0.15, -0.1) is 0 Å². The molecule has 0 atom stereocenters. The van der Waals surface area contributed by atoms with Crippen LogP contribution < -0.4 is 0 Å². The smallest absolute Gasteiger partial charge is 0.309 e. The molecule has 0 unspecified atom stereocenters. The van der Waals surface area contributed by atoms with Crippen LogP contribution in [0.15, 0.2) is 18.2 Å². The second-order valence-corrected chi connectivity index (χ2v) is 4.43. The van der Waals surface area contributed by atoms with Gasteiger partial charge >= 0.3 is 5.97 Å². The van der Waals surface area contributed by atoms with E-state index < -0.39 is 0 Å². The van der Waals surface area contributed by atoms with E-state index in [2.05, 4.69) is 20.7 Å². The van der Waals surface area contributed by atoms with Gasteiger partial charge in [0.2, 0.25) is 0 Å². The molecule has 0 aliphatic carbocycles. The van der Waals surface area contributed by atoms with E-state index in [4.69, 9.17) is 0 Å². The largest absolute Gasteiger partial charge is 0.469 e. The monoisotopic (exact) mass is 298 g/mol. The lowest BCUT2D eigenvalue weighted by Crippen LogP contribution is -2.10. The lowest BCUT2D eigenvalue weighted by atomic mass is 9.98. The van der Waals surface area contributed by atoms with Crippen LogP contribution >= 0.6 is 15.9 Å². The molecule has 0 N–H and O–H groups in total. The van der Waals surface area contributed by atoms with E-state index in [0.29, 0.717) is 11.8 Å². The number of halogens is 1. The van der Waals surface area contributed by atoms with Crippen LogP contribution in [-0.2, 0) is 27.2 Å². The van der Waals surface area contributed by atoms with Crippen LogP contribution in [0.2, 0.25) is 0 Å². The van der Waals surface area contributed by atoms with Gasteiger partial charge < -0.3 is 4.74 Å². The van der Waals surface area contributed by atoms with Crippen molar-refractivity contribution in [2.45, 2.75) is 19.8 Å². The molecule has 17 heavy (non-hydrogen) atoms. The minimum absolute atomic E-state index is 0.0988. The Kier molecular flexibility index (Phi) is 5.35. The second kappa shape index (κ2) is 6.55. The summed E-state index contributed by atoms with van der Waals surface area (Å²) in [7, 11) is 1.36. The van der Waals surface area contributed by atoms with E-state index in [-0.39, 0.29) is 18.2 Å². The molecule has 0 aliphatic rings. The van der Waals surface area contributed by atoms with Crippen LogP contribution in [0.5, 0.6) is 0 Å². The lowest BCUT2D eigenvalue weighted by molar-refractivity contribution is -0.139. The molecule has 1 rings (SSSR count). The van der Waals surface area contributed by atoms with Crippen molar-refractivity contribution in [1.29, 1.82) is 0 Å². The number of rotatable bonds is 5. The molecular weight excluding hydrogens is 284 g/mol. The zero-order chi connectivity index (χ0) is 12.8. The number of Topliss-reactive ketones (excluding diaryl/α,β-unsaturated/α-hetero) is 1. The summed E-state index contributed by atoms with van der Waals surface area (Å²) < 4.78 is 4.64. The maximum absolute atomic E-state index is 11.4. The second-order valence-electron chi connectivity index (χ2n) is 3.87. The van der Waals surface area contributed by atoms with Gasteiger partial charge in [0.25, 0.3) is 0 Å². The van der Waals surface area contributed by atoms with E-state index in [1.54, 1.807) is 0 Å². The van der Waals surface area contributed by atoms with Gasteiger partial charge in [-0.2, -0.15) is 0 Å². The molecular formula is C13H15BrO3. The van der Waals surface area contributed by atoms with Crippen molar-refractivity contribution < 1.29 is 14.3 Å². The number of ether oxygens (including phenoxy) is 1. The summed E-state index contributed by atoms with van der Waals surface area (Å²) in [5.41, 5.74) is 2.84. The molecule has 0 radical (unpaired) electrons. The van der Waals surface area contributed by atoms with E-state index in [0.717, 1.165) is 16.7 Å². The van der Waals surface area contributed by atoms with Crippen LogP contribution in [0, 0.1) is 6.92 Å². The van der Waals surface area contributed by atoms with Crippen LogP contribution in [-0.4, -0.2) is 24.2 Å². The fraction of sp³-hybridized carbons (Fsp3) is 0.385. The highest BCUT2D eigenvalue weighted by molar-refractivity contribution is 9.09. The van der Waals surface area contributed by atoms with Crippen molar-refractivity contribution in [2.75, 3.05) is 12.4 Å². The Morgan fingerprint density at radius 1 is 1.24 bits per heavy atom. The zero-order valence-electron chi connectivity index (χ0n) is 9.96. The Bertz CT molecular complexity index is 427. The van der Waals surface area contributed by atoms with E-state index in [9.17, 15) is 9.59 Å². The Balaban J connectivity index is 2.95. The minimum Gasteiger partial charge on any atom is -0.469 e. The average Bonchev–Trinajstić information content (AvgIpc) is 2.32. The molecule has 0 heterocycles. The third-order valence-corrected chi connectivity index (χ3v) is 3.09. The van der Waals surface area contributed by atoms with Gasteiger partial charge in [0.15, 0.2) is 0 Å². The predicted molar refractivity (Wildman–Crippen MR) is 69.4 cm³/mol. The Hall–Kier alpha value is -1.16. The lowest BCUT2D eigenvalue weighted by Gasteiger charge is -2.08. The molecule has 0 saturated carbocycles. The first kappa shape index (κ1) is 13.9. The van der Waals surface area contributed by atoms with Gasteiger partial charge in [0, 0.05) is 6.42 Å². The molecule has 1 aromatic carbocycles. The standard InChI is InChI=1S/C13H15BrO3/c1-9-3-4-10(7-13(16)17-2)11(5-9)6-12(15)8-14/h3-5H,6-8H2,1-2H3. The van der Waals surface area contributed by atoms with E-state index in [1.165, 1.54) is 7.11 Å². The van der Waals surface area contributed by atoms with Gasteiger partial charge in [-0.05, 0) is 18.1 Å².